The largest absolute Gasteiger partial charge is 0.327 e. The van der Waals surface area contributed by atoms with Gasteiger partial charge in [-0.3, -0.25) is 9.88 Å². The molecule has 0 aromatic carbocycles. The fraction of sp³-hybridized carbons (Fsp3) is 0.643. The zero-order valence-corrected chi connectivity index (χ0v) is 10.5. The van der Waals surface area contributed by atoms with Gasteiger partial charge in [0.15, 0.2) is 0 Å². The molecule has 3 rings (SSSR count). The van der Waals surface area contributed by atoms with Crippen molar-refractivity contribution in [1.29, 1.82) is 0 Å². The molecule has 92 valence electrons. The minimum Gasteiger partial charge on any atom is -0.327 e. The van der Waals surface area contributed by atoms with E-state index in [0.29, 0.717) is 6.04 Å². The maximum Gasteiger partial charge on any atom is 0.0417 e. The van der Waals surface area contributed by atoms with Crippen LogP contribution in [0, 0.1) is 18.8 Å². The van der Waals surface area contributed by atoms with Crippen LogP contribution in [0.3, 0.4) is 0 Å². The van der Waals surface area contributed by atoms with E-state index in [1.165, 1.54) is 31.5 Å². The lowest BCUT2D eigenvalue weighted by Crippen LogP contribution is -2.30. The van der Waals surface area contributed by atoms with Crippen molar-refractivity contribution in [3.8, 4) is 0 Å². The maximum absolute atomic E-state index is 6.17. The maximum atomic E-state index is 6.17. The van der Waals surface area contributed by atoms with Crippen LogP contribution in [0.5, 0.6) is 0 Å². The van der Waals surface area contributed by atoms with E-state index < -0.39 is 0 Å². The second-order valence-electron chi connectivity index (χ2n) is 5.61. The molecule has 1 aromatic rings. The third-order valence-corrected chi connectivity index (χ3v) is 4.50. The first-order valence-corrected chi connectivity index (χ1v) is 6.62. The summed E-state index contributed by atoms with van der Waals surface area (Å²) in [6.07, 6.45) is 4.43. The molecule has 2 heterocycles. The molecular formula is C14H21N3. The van der Waals surface area contributed by atoms with E-state index in [1.54, 1.807) is 0 Å². The highest BCUT2D eigenvalue weighted by Gasteiger charge is 2.40. The third kappa shape index (κ3) is 2.09. The summed E-state index contributed by atoms with van der Waals surface area (Å²) in [6.45, 7) is 5.55. The second kappa shape index (κ2) is 4.39. The van der Waals surface area contributed by atoms with E-state index in [1.807, 2.05) is 12.3 Å². The number of rotatable bonds is 2. The van der Waals surface area contributed by atoms with Crippen LogP contribution in [0.2, 0.25) is 0 Å². The molecule has 0 radical (unpaired) electrons. The molecule has 1 aromatic heterocycles. The lowest BCUT2D eigenvalue weighted by Gasteiger charge is -2.19. The van der Waals surface area contributed by atoms with Crippen molar-refractivity contribution in [1.82, 2.24) is 9.88 Å². The van der Waals surface area contributed by atoms with Crippen molar-refractivity contribution in [2.75, 3.05) is 13.1 Å². The average Bonchev–Trinajstić information content (AvgIpc) is 2.85. The number of hydrogen-bond acceptors (Lipinski definition) is 3. The standard InChI is InChI=1S/C14H21N3/c1-10-11(3-2-6-16-10)7-17-8-12-4-5-14(15)13(12)9-17/h2-3,6,12-14H,4-5,7-9,15H2,1H3. The second-order valence-corrected chi connectivity index (χ2v) is 5.61. The topological polar surface area (TPSA) is 42.2 Å². The van der Waals surface area contributed by atoms with Gasteiger partial charge in [-0.1, -0.05) is 6.07 Å². The number of aromatic nitrogens is 1. The molecule has 1 aliphatic heterocycles. The van der Waals surface area contributed by atoms with Crippen molar-refractivity contribution in [3.05, 3.63) is 29.6 Å². The molecule has 0 amide bonds. The number of fused-ring (bicyclic) bond motifs is 1. The predicted molar refractivity (Wildman–Crippen MR) is 68.4 cm³/mol. The number of nitrogens with zero attached hydrogens (tertiary/aromatic N) is 2. The van der Waals surface area contributed by atoms with Crippen LogP contribution in [0.4, 0.5) is 0 Å². The number of nitrogens with two attached hydrogens (primary N) is 1. The molecule has 17 heavy (non-hydrogen) atoms. The molecule has 3 unspecified atom stereocenters. The summed E-state index contributed by atoms with van der Waals surface area (Å²) in [6, 6.07) is 4.67. The molecule has 1 aliphatic carbocycles. The van der Waals surface area contributed by atoms with E-state index in [9.17, 15) is 0 Å². The van der Waals surface area contributed by atoms with Gasteiger partial charge in [0.1, 0.15) is 0 Å². The summed E-state index contributed by atoms with van der Waals surface area (Å²) in [5.74, 6) is 1.59. The number of hydrogen-bond donors (Lipinski definition) is 1. The molecule has 3 nitrogen and oxygen atoms in total. The van der Waals surface area contributed by atoms with E-state index >= 15 is 0 Å². The molecule has 3 atom stereocenters. The lowest BCUT2D eigenvalue weighted by atomic mass is 9.98. The van der Waals surface area contributed by atoms with E-state index in [0.717, 1.165) is 24.1 Å². The molecular weight excluding hydrogens is 210 g/mol. The SMILES string of the molecule is Cc1ncccc1CN1CC2CCC(N)C2C1. The van der Waals surface area contributed by atoms with Crippen LogP contribution >= 0.6 is 0 Å². The Balaban J connectivity index is 1.67. The lowest BCUT2D eigenvalue weighted by molar-refractivity contribution is 0.297. The van der Waals surface area contributed by atoms with Gasteiger partial charge < -0.3 is 5.73 Å². The van der Waals surface area contributed by atoms with Crippen LogP contribution in [-0.2, 0) is 6.54 Å². The van der Waals surface area contributed by atoms with Gasteiger partial charge in [0.2, 0.25) is 0 Å². The van der Waals surface area contributed by atoms with Crippen molar-refractivity contribution >= 4 is 0 Å². The highest BCUT2D eigenvalue weighted by molar-refractivity contribution is 5.18. The zero-order chi connectivity index (χ0) is 11.8. The van der Waals surface area contributed by atoms with Gasteiger partial charge in [0.05, 0.1) is 0 Å². The van der Waals surface area contributed by atoms with Gasteiger partial charge in [0.25, 0.3) is 0 Å². The minimum absolute atomic E-state index is 0.444. The first kappa shape index (κ1) is 11.2. The van der Waals surface area contributed by atoms with Gasteiger partial charge in [-0.05, 0) is 43.2 Å². The number of likely N-dealkylation sites (tertiary alicyclic amines) is 1. The van der Waals surface area contributed by atoms with Gasteiger partial charge >= 0.3 is 0 Å². The van der Waals surface area contributed by atoms with E-state index in [2.05, 4.69) is 22.9 Å². The minimum atomic E-state index is 0.444. The van der Waals surface area contributed by atoms with Crippen molar-refractivity contribution in [2.24, 2.45) is 17.6 Å². The summed E-state index contributed by atoms with van der Waals surface area (Å²) in [7, 11) is 0. The highest BCUT2D eigenvalue weighted by Crippen LogP contribution is 2.37. The Bertz CT molecular complexity index is 404. The Labute approximate surface area is 103 Å². The summed E-state index contributed by atoms with van der Waals surface area (Å²) >= 11 is 0. The number of aryl methyl sites for hydroxylation is 1. The van der Waals surface area contributed by atoms with Crippen molar-refractivity contribution in [2.45, 2.75) is 32.4 Å². The van der Waals surface area contributed by atoms with Gasteiger partial charge in [0, 0.05) is 37.6 Å². The third-order valence-electron chi connectivity index (χ3n) is 4.50. The van der Waals surface area contributed by atoms with Crippen molar-refractivity contribution < 1.29 is 0 Å². The fourth-order valence-electron chi connectivity index (χ4n) is 3.45. The van der Waals surface area contributed by atoms with E-state index in [-0.39, 0.29) is 0 Å². The fourth-order valence-corrected chi connectivity index (χ4v) is 3.45. The molecule has 2 aliphatic rings. The Hall–Kier alpha value is -0.930. The Morgan fingerprint density at radius 1 is 1.41 bits per heavy atom. The Kier molecular flexibility index (Phi) is 2.89. The summed E-state index contributed by atoms with van der Waals surface area (Å²) < 4.78 is 0. The first-order chi connectivity index (χ1) is 8.24. The zero-order valence-electron chi connectivity index (χ0n) is 10.5. The Morgan fingerprint density at radius 3 is 3.06 bits per heavy atom. The van der Waals surface area contributed by atoms with Crippen LogP contribution in [0.1, 0.15) is 24.1 Å². The smallest absolute Gasteiger partial charge is 0.0417 e. The molecule has 2 fully saturated rings. The molecule has 3 heteroatoms. The highest BCUT2D eigenvalue weighted by atomic mass is 15.2. The molecule has 2 N–H and O–H groups in total. The number of pyridine rings is 1. The van der Waals surface area contributed by atoms with Crippen LogP contribution in [0.15, 0.2) is 18.3 Å². The molecule has 0 bridgehead atoms. The van der Waals surface area contributed by atoms with Gasteiger partial charge in [-0.2, -0.15) is 0 Å². The molecule has 1 saturated heterocycles. The average molecular weight is 231 g/mol. The normalized spacial score (nSPS) is 32.9. The predicted octanol–water partition coefficient (Wildman–Crippen LogP) is 1.56. The Morgan fingerprint density at radius 2 is 2.29 bits per heavy atom. The summed E-state index contributed by atoms with van der Waals surface area (Å²) in [5, 5.41) is 0. The van der Waals surface area contributed by atoms with Crippen molar-refractivity contribution in [3.63, 3.8) is 0 Å². The first-order valence-electron chi connectivity index (χ1n) is 6.62. The quantitative estimate of drug-likeness (QED) is 0.840. The van der Waals surface area contributed by atoms with Crippen LogP contribution in [0.25, 0.3) is 0 Å². The summed E-state index contributed by atoms with van der Waals surface area (Å²) in [5.41, 5.74) is 8.69. The van der Waals surface area contributed by atoms with E-state index in [4.69, 9.17) is 5.73 Å². The van der Waals surface area contributed by atoms with Gasteiger partial charge in [-0.15, -0.1) is 0 Å². The van der Waals surface area contributed by atoms with Crippen LogP contribution in [-0.4, -0.2) is 29.0 Å². The molecule has 1 saturated carbocycles. The molecule has 0 spiro atoms. The van der Waals surface area contributed by atoms with Crippen LogP contribution < -0.4 is 5.73 Å². The summed E-state index contributed by atoms with van der Waals surface area (Å²) in [4.78, 5) is 6.91. The van der Waals surface area contributed by atoms with Gasteiger partial charge in [-0.25, -0.2) is 0 Å². The monoisotopic (exact) mass is 231 g/mol.